The van der Waals surface area contributed by atoms with Crippen molar-refractivity contribution >= 4 is 34.1 Å². The van der Waals surface area contributed by atoms with E-state index in [0.29, 0.717) is 16.9 Å². The first-order valence-electron chi connectivity index (χ1n) is 8.90. The summed E-state index contributed by atoms with van der Waals surface area (Å²) in [7, 11) is 1.51. The maximum atomic E-state index is 14.0. The second-order valence-electron chi connectivity index (χ2n) is 6.90. The lowest BCUT2D eigenvalue weighted by molar-refractivity contribution is 0.0527. The van der Waals surface area contributed by atoms with Gasteiger partial charge in [0.25, 0.3) is 5.56 Å². The van der Waals surface area contributed by atoms with E-state index in [4.69, 9.17) is 16.3 Å². The second kappa shape index (κ2) is 7.58. The average Bonchev–Trinajstić information content (AvgIpc) is 2.71. The van der Waals surface area contributed by atoms with Crippen LogP contribution >= 0.6 is 11.6 Å². The second-order valence-corrected chi connectivity index (χ2v) is 7.30. The monoisotopic (exact) mass is 435 g/mol. The summed E-state index contributed by atoms with van der Waals surface area (Å²) in [6.07, 6.45) is 0. The van der Waals surface area contributed by atoms with Crippen molar-refractivity contribution in [3.8, 4) is 5.75 Å². The lowest BCUT2D eigenvalue weighted by Gasteiger charge is -2.33. The predicted octanol–water partition coefficient (Wildman–Crippen LogP) is 3.90. The molecule has 1 aromatic heterocycles. The molecule has 7 nitrogen and oxygen atoms in total. The molecule has 1 aliphatic heterocycles. The van der Waals surface area contributed by atoms with Crippen LogP contribution < -0.4 is 10.9 Å². The first kappa shape index (κ1) is 20.1. The molecule has 2 aromatic carbocycles. The molecule has 1 atom stereocenters. The number of carbonyl (C=O) groups excluding carboxylic acids is 1. The van der Waals surface area contributed by atoms with Gasteiger partial charge in [-0.05, 0) is 35.7 Å². The standard InChI is InChI=1S/C20H16ClF2N3O4/c1-26(20(29)24-9-2-3-17(27)12(21)4-9)16-8-30-7-15-18(16)10-5-13(22)14(23)6-11(10)19(28)25-15/h2-6,16,27H,7-8H2,1H3,(H,24,29)(H,25,28)/t16-/m0/s1. The molecule has 3 N–H and O–H groups in total. The molecular formula is C20H16ClF2N3O4. The highest BCUT2D eigenvalue weighted by Gasteiger charge is 2.31. The van der Waals surface area contributed by atoms with Gasteiger partial charge in [-0.1, -0.05) is 11.6 Å². The topological polar surface area (TPSA) is 94.7 Å². The molecule has 4 rings (SSSR count). The number of amides is 2. The van der Waals surface area contributed by atoms with Crippen LogP contribution in [-0.4, -0.2) is 34.7 Å². The smallest absolute Gasteiger partial charge is 0.322 e. The third kappa shape index (κ3) is 3.46. The van der Waals surface area contributed by atoms with Crippen molar-refractivity contribution in [1.29, 1.82) is 0 Å². The number of H-pyrrole nitrogens is 1. The maximum absolute atomic E-state index is 14.0. The number of fused-ring (bicyclic) bond motifs is 3. The highest BCUT2D eigenvalue weighted by molar-refractivity contribution is 6.32. The molecule has 0 saturated carbocycles. The van der Waals surface area contributed by atoms with Crippen LogP contribution in [0.2, 0.25) is 5.02 Å². The van der Waals surface area contributed by atoms with Crippen LogP contribution in [-0.2, 0) is 11.3 Å². The number of aromatic amines is 1. The number of hydrogen-bond acceptors (Lipinski definition) is 4. The van der Waals surface area contributed by atoms with Crippen LogP contribution in [0.5, 0.6) is 5.75 Å². The summed E-state index contributed by atoms with van der Waals surface area (Å²) < 4.78 is 33.2. The highest BCUT2D eigenvalue weighted by atomic mass is 35.5. The molecule has 10 heteroatoms. The molecule has 0 aliphatic carbocycles. The van der Waals surface area contributed by atoms with Crippen LogP contribution in [0.1, 0.15) is 17.3 Å². The number of likely N-dealkylation sites (N-methyl/N-ethyl adjacent to an activating group) is 1. The summed E-state index contributed by atoms with van der Waals surface area (Å²) >= 11 is 5.87. The Kier molecular flexibility index (Phi) is 5.08. The van der Waals surface area contributed by atoms with E-state index >= 15 is 0 Å². The molecule has 0 bridgehead atoms. The van der Waals surface area contributed by atoms with E-state index in [0.717, 1.165) is 12.1 Å². The number of ether oxygens (including phenoxy) is 1. The third-order valence-corrected chi connectivity index (χ3v) is 5.33. The van der Waals surface area contributed by atoms with Gasteiger partial charge in [-0.2, -0.15) is 0 Å². The van der Waals surface area contributed by atoms with Crippen molar-refractivity contribution in [3.05, 3.63) is 68.6 Å². The summed E-state index contributed by atoms with van der Waals surface area (Å²) in [6.45, 7) is 0.159. The zero-order valence-electron chi connectivity index (χ0n) is 15.6. The SMILES string of the molecule is CN(C(=O)Nc1ccc(O)c(Cl)c1)[C@H]1COCc2[nH]c(=O)c3cc(F)c(F)cc3c21. The minimum Gasteiger partial charge on any atom is -0.506 e. The summed E-state index contributed by atoms with van der Waals surface area (Å²) in [5.41, 5.74) is 0.655. The molecule has 0 saturated heterocycles. The predicted molar refractivity (Wildman–Crippen MR) is 107 cm³/mol. The van der Waals surface area contributed by atoms with E-state index in [2.05, 4.69) is 10.3 Å². The Morgan fingerprint density at radius 3 is 2.67 bits per heavy atom. The van der Waals surface area contributed by atoms with E-state index in [9.17, 15) is 23.5 Å². The Morgan fingerprint density at radius 1 is 1.27 bits per heavy atom. The van der Waals surface area contributed by atoms with Crippen molar-refractivity contribution < 1.29 is 23.4 Å². The largest absolute Gasteiger partial charge is 0.506 e. The fraction of sp³-hybridized carbons (Fsp3) is 0.200. The molecule has 0 fully saturated rings. The number of nitrogens with one attached hydrogen (secondary N) is 2. The summed E-state index contributed by atoms with van der Waals surface area (Å²) in [4.78, 5) is 29.1. The summed E-state index contributed by atoms with van der Waals surface area (Å²) in [5, 5.41) is 12.4. The van der Waals surface area contributed by atoms with Gasteiger partial charge in [0.05, 0.1) is 29.7 Å². The first-order chi connectivity index (χ1) is 14.3. The number of rotatable bonds is 2. The molecule has 0 spiro atoms. The van der Waals surface area contributed by atoms with Gasteiger partial charge in [0, 0.05) is 24.0 Å². The van der Waals surface area contributed by atoms with Gasteiger partial charge in [0.2, 0.25) is 0 Å². The highest BCUT2D eigenvalue weighted by Crippen LogP contribution is 2.34. The number of aromatic nitrogens is 1. The van der Waals surface area contributed by atoms with Gasteiger partial charge in [-0.15, -0.1) is 0 Å². The van der Waals surface area contributed by atoms with Crippen molar-refractivity contribution in [2.24, 2.45) is 0 Å². The van der Waals surface area contributed by atoms with E-state index in [1.165, 1.54) is 30.1 Å². The number of phenols is 1. The van der Waals surface area contributed by atoms with Crippen LogP contribution in [0, 0.1) is 11.6 Å². The van der Waals surface area contributed by atoms with Gasteiger partial charge in [0.15, 0.2) is 11.6 Å². The Morgan fingerprint density at radius 2 is 1.97 bits per heavy atom. The Hall–Kier alpha value is -3.17. The minimum atomic E-state index is -1.13. The number of anilines is 1. The number of carbonyl (C=O) groups is 1. The molecule has 3 aromatic rings. The van der Waals surface area contributed by atoms with Crippen molar-refractivity contribution in [3.63, 3.8) is 0 Å². The number of halogens is 3. The van der Waals surface area contributed by atoms with Crippen molar-refractivity contribution in [2.45, 2.75) is 12.6 Å². The molecular weight excluding hydrogens is 420 g/mol. The zero-order valence-corrected chi connectivity index (χ0v) is 16.4. The van der Waals surface area contributed by atoms with Crippen molar-refractivity contribution in [2.75, 3.05) is 19.0 Å². The van der Waals surface area contributed by atoms with E-state index in [1.54, 1.807) is 0 Å². The lowest BCUT2D eigenvalue weighted by Crippen LogP contribution is -2.39. The maximum Gasteiger partial charge on any atom is 0.322 e. The molecule has 156 valence electrons. The number of nitrogens with zero attached hydrogens (tertiary/aromatic N) is 1. The first-order valence-corrected chi connectivity index (χ1v) is 9.28. The number of phenolic OH excluding ortho intramolecular Hbond substituents is 1. The Labute approximate surface area is 173 Å². The van der Waals surface area contributed by atoms with Crippen molar-refractivity contribution in [1.82, 2.24) is 9.88 Å². The molecule has 30 heavy (non-hydrogen) atoms. The average molecular weight is 436 g/mol. The normalized spacial score (nSPS) is 15.7. The lowest BCUT2D eigenvalue weighted by atomic mass is 9.95. The van der Waals surface area contributed by atoms with Gasteiger partial charge >= 0.3 is 6.03 Å². The number of pyridine rings is 1. The fourth-order valence-corrected chi connectivity index (χ4v) is 3.67. The number of urea groups is 1. The summed E-state index contributed by atoms with van der Waals surface area (Å²) in [6, 6.07) is 4.80. The molecule has 2 amide bonds. The van der Waals surface area contributed by atoms with E-state index in [-0.39, 0.29) is 34.8 Å². The van der Waals surface area contributed by atoms with Crippen LogP contribution in [0.4, 0.5) is 19.3 Å². The van der Waals surface area contributed by atoms with E-state index < -0.39 is 29.3 Å². The van der Waals surface area contributed by atoms with Gasteiger partial charge < -0.3 is 25.0 Å². The molecule has 2 heterocycles. The fourth-order valence-electron chi connectivity index (χ4n) is 3.49. The minimum absolute atomic E-state index is 0.0151. The summed E-state index contributed by atoms with van der Waals surface area (Å²) in [5.74, 6) is -2.35. The molecule has 0 radical (unpaired) electrons. The van der Waals surface area contributed by atoms with Gasteiger partial charge in [-0.3, -0.25) is 4.79 Å². The van der Waals surface area contributed by atoms with Gasteiger partial charge in [0.1, 0.15) is 5.75 Å². The Balaban J connectivity index is 1.73. The van der Waals surface area contributed by atoms with E-state index in [1.807, 2.05) is 0 Å². The quantitative estimate of drug-likeness (QED) is 0.532. The van der Waals surface area contributed by atoms with Gasteiger partial charge in [-0.25, -0.2) is 13.6 Å². The zero-order chi connectivity index (χ0) is 21.6. The molecule has 1 aliphatic rings. The Bertz CT molecular complexity index is 1230. The van der Waals surface area contributed by atoms with Crippen LogP contribution in [0.3, 0.4) is 0 Å². The van der Waals surface area contributed by atoms with Crippen LogP contribution in [0.25, 0.3) is 10.8 Å². The number of hydrogen-bond donors (Lipinski definition) is 3. The van der Waals surface area contributed by atoms with Crippen LogP contribution in [0.15, 0.2) is 35.1 Å². The molecule has 0 unspecified atom stereocenters. The number of aromatic hydroxyl groups is 1. The number of benzene rings is 2. The third-order valence-electron chi connectivity index (χ3n) is 5.03.